The quantitative estimate of drug-likeness (QED) is 0.162. The van der Waals surface area contributed by atoms with Crippen LogP contribution < -0.4 is 28.9 Å². The summed E-state index contributed by atoms with van der Waals surface area (Å²) in [5.41, 5.74) is 11.3. The van der Waals surface area contributed by atoms with Gasteiger partial charge < -0.3 is 28.9 Å². The van der Waals surface area contributed by atoms with Crippen LogP contribution in [0.15, 0.2) is 218 Å². The molecule has 0 radical (unpaired) electrons. The summed E-state index contributed by atoms with van der Waals surface area (Å²) < 4.78 is 18.9. The van der Waals surface area contributed by atoms with Crippen molar-refractivity contribution in [3.05, 3.63) is 218 Å². The second-order valence-corrected chi connectivity index (χ2v) is 16.1. The monoisotopic (exact) mass is 852 g/mol. The molecule has 0 N–H and O–H groups in total. The molecule has 0 saturated carbocycles. The van der Waals surface area contributed by atoms with E-state index in [-0.39, 0.29) is 0 Å². The molecule has 312 valence electrons. The number of benzene rings is 9. The Kier molecular flexibility index (Phi) is 8.63. The summed E-state index contributed by atoms with van der Waals surface area (Å²) in [5, 5.41) is 0. The van der Waals surface area contributed by atoms with Crippen LogP contribution in [0.25, 0.3) is 34.2 Å². The Labute approximate surface area is 380 Å². The van der Waals surface area contributed by atoms with Gasteiger partial charge in [-0.15, -0.1) is 0 Å². The first-order chi connectivity index (χ1) is 32.7. The van der Waals surface area contributed by atoms with Gasteiger partial charge in [0.05, 0.1) is 34.1 Å². The van der Waals surface area contributed by atoms with E-state index in [9.17, 15) is 0 Å². The molecule has 0 saturated heterocycles. The molecule has 0 bridgehead atoms. The maximum atomic E-state index is 6.29. The average molecular weight is 853 g/mol. The lowest BCUT2D eigenvalue weighted by Gasteiger charge is -2.32. The van der Waals surface area contributed by atoms with Crippen LogP contribution >= 0.6 is 0 Å². The summed E-state index contributed by atoms with van der Waals surface area (Å²) in [7, 11) is 0. The van der Waals surface area contributed by atoms with Crippen molar-refractivity contribution in [2.75, 3.05) is 14.7 Å². The number of anilines is 9. The van der Waals surface area contributed by atoms with Gasteiger partial charge in [0.1, 0.15) is 0 Å². The van der Waals surface area contributed by atoms with Crippen LogP contribution in [0.5, 0.6) is 34.5 Å². The summed E-state index contributed by atoms with van der Waals surface area (Å²) >= 11 is 0. The van der Waals surface area contributed by atoms with E-state index in [1.807, 2.05) is 109 Å². The largest absolute Gasteiger partial charge is 0.453 e. The van der Waals surface area contributed by atoms with Crippen molar-refractivity contribution in [3.8, 4) is 68.7 Å². The van der Waals surface area contributed by atoms with Gasteiger partial charge in [-0.3, -0.25) is 0 Å². The predicted molar refractivity (Wildman–Crippen MR) is 260 cm³/mol. The van der Waals surface area contributed by atoms with Gasteiger partial charge in [0.15, 0.2) is 52.0 Å². The molecule has 66 heavy (non-hydrogen) atoms. The molecule has 0 amide bonds. The number of hydrogen-bond donors (Lipinski definition) is 0. The van der Waals surface area contributed by atoms with E-state index in [1.54, 1.807) is 0 Å². The first-order valence-electron chi connectivity index (χ1n) is 21.8. The van der Waals surface area contributed by atoms with Crippen LogP contribution in [0.1, 0.15) is 0 Å². The fourth-order valence-electron chi connectivity index (χ4n) is 8.99. The molecule has 0 aliphatic carbocycles. The van der Waals surface area contributed by atoms with Gasteiger partial charge in [-0.05, 0) is 146 Å². The van der Waals surface area contributed by atoms with Gasteiger partial charge in [-0.1, -0.05) is 72.8 Å². The molecule has 13 rings (SSSR count). The molecule has 0 fully saturated rings. The van der Waals surface area contributed by atoms with E-state index < -0.39 is 0 Å². The second kappa shape index (κ2) is 15.3. The molecule has 4 heterocycles. The highest BCUT2D eigenvalue weighted by Crippen LogP contribution is 2.53. The summed E-state index contributed by atoms with van der Waals surface area (Å²) in [4.78, 5) is 22.1. The molecule has 9 heteroatoms. The van der Waals surface area contributed by atoms with Gasteiger partial charge in [-0.25, -0.2) is 15.0 Å². The van der Waals surface area contributed by atoms with Crippen molar-refractivity contribution >= 4 is 51.2 Å². The molecule has 9 nitrogen and oxygen atoms in total. The van der Waals surface area contributed by atoms with Gasteiger partial charge in [0.25, 0.3) is 0 Å². The van der Waals surface area contributed by atoms with Crippen molar-refractivity contribution in [2.45, 2.75) is 0 Å². The lowest BCUT2D eigenvalue weighted by molar-refractivity contribution is 0.477. The summed E-state index contributed by atoms with van der Waals surface area (Å²) in [5.74, 6) is 6.47. The van der Waals surface area contributed by atoms with Crippen LogP contribution in [0.3, 0.4) is 0 Å². The highest BCUT2D eigenvalue weighted by Gasteiger charge is 2.28. The molecule has 0 unspecified atom stereocenters. The van der Waals surface area contributed by atoms with Crippen molar-refractivity contribution in [1.82, 2.24) is 15.0 Å². The normalized spacial score (nSPS) is 12.8. The fourth-order valence-corrected chi connectivity index (χ4v) is 8.99. The third-order valence-electron chi connectivity index (χ3n) is 12.1. The zero-order valence-corrected chi connectivity index (χ0v) is 35.2. The van der Waals surface area contributed by atoms with Crippen LogP contribution in [0, 0.1) is 0 Å². The van der Waals surface area contributed by atoms with Crippen LogP contribution in [-0.4, -0.2) is 15.0 Å². The van der Waals surface area contributed by atoms with E-state index in [2.05, 4.69) is 124 Å². The SMILES string of the molecule is c1ccc2c(c1)Oc1ccccc1N2c1ccc(-c2nc(-c3ccc(N4c5ccccc5Oc5ccccc54)cc3)nc(-c3ccc(N4c5ccccc5Oc5ccccc54)cc3)n2)cc1. The molecule has 3 aliphatic rings. The van der Waals surface area contributed by atoms with Gasteiger partial charge >= 0.3 is 0 Å². The molecule has 0 atom stereocenters. The molecule has 1 aromatic heterocycles. The number of fused-ring (bicyclic) bond motifs is 6. The number of nitrogens with zero attached hydrogens (tertiary/aromatic N) is 6. The molecular formula is C57H36N6O3. The maximum Gasteiger partial charge on any atom is 0.164 e. The molecule has 0 spiro atoms. The van der Waals surface area contributed by atoms with Crippen molar-refractivity contribution in [2.24, 2.45) is 0 Å². The Morgan fingerprint density at radius 3 is 0.636 bits per heavy atom. The molecular weight excluding hydrogens is 817 g/mol. The highest BCUT2D eigenvalue weighted by atomic mass is 16.5. The maximum absolute atomic E-state index is 6.29. The summed E-state index contributed by atoms with van der Waals surface area (Å²) in [6, 6.07) is 73.7. The summed E-state index contributed by atoms with van der Waals surface area (Å²) in [6.45, 7) is 0. The lowest BCUT2D eigenvalue weighted by atomic mass is 10.1. The average Bonchev–Trinajstić information content (AvgIpc) is 3.39. The second-order valence-electron chi connectivity index (χ2n) is 16.1. The first kappa shape index (κ1) is 37.4. The van der Waals surface area contributed by atoms with E-state index in [0.29, 0.717) is 17.5 Å². The first-order valence-corrected chi connectivity index (χ1v) is 21.8. The Balaban J connectivity index is 0.901. The molecule has 9 aromatic carbocycles. The number of rotatable bonds is 6. The van der Waals surface area contributed by atoms with Crippen LogP contribution in [0.2, 0.25) is 0 Å². The number of para-hydroxylation sites is 12. The molecule has 3 aliphatic heterocycles. The molecule has 10 aromatic rings. The standard InChI is InChI=1S/C57H36N6O3/c1-7-19-49-43(13-1)61(44-14-2-8-20-50(44)64-49)40-31-25-37(26-32-40)55-58-56(38-27-33-41(34-28-38)62-45-15-3-9-21-51(45)65-52-22-10-4-16-46(52)62)60-57(59-55)39-29-35-42(36-30-39)63-47-17-5-11-23-53(47)66-54-24-12-6-18-48(54)63/h1-36H. The highest BCUT2D eigenvalue weighted by molar-refractivity contribution is 5.89. The van der Waals surface area contributed by atoms with Gasteiger partial charge in [0.2, 0.25) is 0 Å². The Bertz CT molecular complexity index is 2970. The van der Waals surface area contributed by atoms with Crippen molar-refractivity contribution in [1.29, 1.82) is 0 Å². The van der Waals surface area contributed by atoms with E-state index in [4.69, 9.17) is 29.2 Å². The smallest absolute Gasteiger partial charge is 0.164 e. The topological polar surface area (TPSA) is 76.1 Å². The Morgan fingerprint density at radius 2 is 0.424 bits per heavy atom. The zero-order chi connectivity index (χ0) is 43.6. The van der Waals surface area contributed by atoms with E-state index >= 15 is 0 Å². The van der Waals surface area contributed by atoms with Gasteiger partial charge in [0, 0.05) is 33.8 Å². The predicted octanol–water partition coefficient (Wildman–Crippen LogP) is 15.6. The zero-order valence-electron chi connectivity index (χ0n) is 35.2. The van der Waals surface area contributed by atoms with Crippen LogP contribution in [-0.2, 0) is 0 Å². The number of ether oxygens (including phenoxy) is 3. The van der Waals surface area contributed by atoms with E-state index in [1.165, 1.54) is 0 Å². The number of aromatic nitrogens is 3. The lowest BCUT2D eigenvalue weighted by Crippen LogP contribution is -2.15. The Morgan fingerprint density at radius 1 is 0.227 bits per heavy atom. The fraction of sp³-hybridized carbons (Fsp3) is 0. The van der Waals surface area contributed by atoms with Gasteiger partial charge in [-0.2, -0.15) is 0 Å². The van der Waals surface area contributed by atoms with Crippen LogP contribution in [0.4, 0.5) is 51.2 Å². The van der Waals surface area contributed by atoms with Crippen molar-refractivity contribution in [3.63, 3.8) is 0 Å². The minimum atomic E-state index is 0.560. The minimum Gasteiger partial charge on any atom is -0.453 e. The Hall–Kier alpha value is -9.21. The van der Waals surface area contributed by atoms with Crippen molar-refractivity contribution < 1.29 is 14.2 Å². The van der Waals surface area contributed by atoms with E-state index in [0.717, 1.165) is 102 Å². The minimum absolute atomic E-state index is 0.560. The number of hydrogen-bond acceptors (Lipinski definition) is 9. The third kappa shape index (κ3) is 6.29. The summed E-state index contributed by atoms with van der Waals surface area (Å²) in [6.07, 6.45) is 0. The third-order valence-corrected chi connectivity index (χ3v) is 12.1.